The number of rotatable bonds is 4. The molecule has 1 saturated heterocycles. The van der Waals surface area contributed by atoms with Crippen LogP contribution >= 0.6 is 22.9 Å². The highest BCUT2D eigenvalue weighted by atomic mass is 35.5. The first kappa shape index (κ1) is 15.7. The number of nitrogens with zero attached hydrogens (tertiary/aromatic N) is 1. The minimum Gasteiger partial charge on any atom is -0.356 e. The van der Waals surface area contributed by atoms with E-state index >= 15 is 0 Å². The summed E-state index contributed by atoms with van der Waals surface area (Å²) in [6, 6.07) is 9.99. The molecule has 7 heteroatoms. The van der Waals surface area contributed by atoms with E-state index in [1.165, 1.54) is 19.1 Å². The average Bonchev–Trinajstić information content (AvgIpc) is 2.99. The lowest BCUT2D eigenvalue weighted by Gasteiger charge is -2.47. The highest BCUT2D eigenvalue weighted by Crippen LogP contribution is 2.43. The zero-order valence-corrected chi connectivity index (χ0v) is 13.8. The van der Waals surface area contributed by atoms with Crippen LogP contribution in [0, 0.1) is 0 Å². The Bertz CT molecular complexity index is 645. The van der Waals surface area contributed by atoms with Crippen LogP contribution in [0.3, 0.4) is 0 Å². The molecule has 118 valence electrons. The first-order chi connectivity index (χ1) is 10.7. The van der Waals surface area contributed by atoms with Crippen molar-refractivity contribution in [2.45, 2.75) is 17.5 Å². The van der Waals surface area contributed by atoms with Crippen LogP contribution in [0.5, 0.6) is 0 Å². The van der Waals surface area contributed by atoms with Gasteiger partial charge in [0, 0.05) is 18.9 Å². The van der Waals surface area contributed by atoms with E-state index in [2.05, 4.69) is 0 Å². The van der Waals surface area contributed by atoms with Gasteiger partial charge in [-0.15, -0.1) is 11.3 Å². The molecule has 3 rings (SSSR count). The number of halogens is 1. The molecule has 0 radical (unpaired) electrons. The van der Waals surface area contributed by atoms with Crippen LogP contribution in [0.1, 0.15) is 4.88 Å². The smallest absolute Gasteiger partial charge is 0.251 e. The summed E-state index contributed by atoms with van der Waals surface area (Å²) in [5.74, 6) is -1.19. The van der Waals surface area contributed by atoms with E-state index in [1.807, 2.05) is 30.3 Å². The fraction of sp³-hybridized carbons (Fsp3) is 0.400. The maximum atomic E-state index is 11.4. The van der Waals surface area contributed by atoms with Gasteiger partial charge in [-0.2, -0.15) is 0 Å². The Labute approximate surface area is 137 Å². The molecule has 2 aromatic rings. The highest BCUT2D eigenvalue weighted by molar-refractivity contribution is 7.19. The molecule has 0 N–H and O–H groups in total. The first-order valence-corrected chi connectivity index (χ1v) is 7.99. The lowest BCUT2D eigenvalue weighted by molar-refractivity contribution is -0.338. The molecule has 1 aliphatic rings. The third-order valence-electron chi connectivity index (χ3n) is 3.77. The van der Waals surface area contributed by atoms with E-state index in [9.17, 15) is 4.79 Å². The molecule has 1 aliphatic heterocycles. The Morgan fingerprint density at radius 1 is 1.45 bits per heavy atom. The number of ether oxygens (including phenoxy) is 3. The Balaban J connectivity index is 2.11. The van der Waals surface area contributed by atoms with Gasteiger partial charge >= 0.3 is 0 Å². The summed E-state index contributed by atoms with van der Waals surface area (Å²) in [5, 5.41) is 1.09. The molecule has 3 unspecified atom stereocenters. The molecule has 5 nitrogen and oxygen atoms in total. The van der Waals surface area contributed by atoms with Crippen LogP contribution in [-0.4, -0.2) is 43.9 Å². The largest absolute Gasteiger partial charge is 0.356 e. The number of hydrogen-bond donors (Lipinski definition) is 0. The normalized spacial score (nSPS) is 29.0. The Kier molecular flexibility index (Phi) is 4.38. The van der Waals surface area contributed by atoms with Crippen LogP contribution in [0.4, 0.5) is 0 Å². The van der Waals surface area contributed by atoms with E-state index < -0.39 is 17.5 Å². The summed E-state index contributed by atoms with van der Waals surface area (Å²) < 4.78 is 18.2. The summed E-state index contributed by atoms with van der Waals surface area (Å²) in [6.45, 7) is 0.155. The number of methoxy groups -OCH3 is 2. The number of amides is 1. The van der Waals surface area contributed by atoms with Crippen LogP contribution in [0.2, 0.25) is 0 Å². The number of hydrogen-bond acceptors (Lipinski definition) is 5. The van der Waals surface area contributed by atoms with Gasteiger partial charge in [0.2, 0.25) is 6.41 Å². The Morgan fingerprint density at radius 2 is 2.23 bits per heavy atom. The molecule has 0 spiro atoms. The van der Waals surface area contributed by atoms with Crippen molar-refractivity contribution in [2.75, 3.05) is 20.8 Å². The van der Waals surface area contributed by atoms with Gasteiger partial charge in [-0.3, -0.25) is 9.69 Å². The van der Waals surface area contributed by atoms with E-state index in [0.29, 0.717) is 6.41 Å². The molecule has 0 aliphatic carbocycles. The molecule has 22 heavy (non-hydrogen) atoms. The number of alkyl halides is 1. The third kappa shape index (κ3) is 2.31. The predicted molar refractivity (Wildman–Crippen MR) is 84.8 cm³/mol. The molecular formula is C15H16ClNO4S. The zero-order chi connectivity index (χ0) is 15.7. The molecule has 1 fully saturated rings. The van der Waals surface area contributed by atoms with Crippen molar-refractivity contribution < 1.29 is 19.0 Å². The van der Waals surface area contributed by atoms with Gasteiger partial charge in [-0.1, -0.05) is 29.8 Å². The molecule has 0 saturated carbocycles. The van der Waals surface area contributed by atoms with Crippen molar-refractivity contribution in [1.82, 2.24) is 4.90 Å². The van der Waals surface area contributed by atoms with E-state index in [1.54, 1.807) is 11.3 Å². The number of morpholine rings is 1. The average molecular weight is 342 g/mol. The number of carbonyl (C=O) groups excluding carboxylic acids is 1. The van der Waals surface area contributed by atoms with Crippen LogP contribution in [0.15, 0.2) is 30.3 Å². The molecule has 1 aromatic heterocycles. The molecule has 1 aromatic carbocycles. The van der Waals surface area contributed by atoms with Crippen molar-refractivity contribution in [3.8, 4) is 0 Å². The van der Waals surface area contributed by atoms with Gasteiger partial charge in [-0.05, 0) is 17.5 Å². The van der Waals surface area contributed by atoms with Crippen molar-refractivity contribution in [2.24, 2.45) is 0 Å². The second-order valence-corrected chi connectivity index (χ2v) is 6.49. The van der Waals surface area contributed by atoms with Gasteiger partial charge in [0.15, 0.2) is 6.23 Å². The maximum Gasteiger partial charge on any atom is 0.251 e. The lowest BCUT2D eigenvalue weighted by atomic mass is 10.1. The molecule has 0 bridgehead atoms. The monoisotopic (exact) mass is 341 g/mol. The lowest BCUT2D eigenvalue weighted by Crippen LogP contribution is -2.61. The van der Waals surface area contributed by atoms with Gasteiger partial charge in [-0.25, -0.2) is 0 Å². The van der Waals surface area contributed by atoms with Crippen LogP contribution < -0.4 is 0 Å². The van der Waals surface area contributed by atoms with Crippen molar-refractivity contribution in [3.05, 3.63) is 35.2 Å². The van der Waals surface area contributed by atoms with Crippen molar-refractivity contribution in [1.29, 1.82) is 0 Å². The summed E-state index contributed by atoms with van der Waals surface area (Å²) in [4.78, 5) is 13.6. The van der Waals surface area contributed by atoms with Crippen molar-refractivity contribution in [3.63, 3.8) is 0 Å². The van der Waals surface area contributed by atoms with Gasteiger partial charge in [0.1, 0.15) is 5.50 Å². The molecule has 1 amide bonds. The van der Waals surface area contributed by atoms with Crippen LogP contribution in [0.25, 0.3) is 10.1 Å². The minimum atomic E-state index is -1.19. The van der Waals surface area contributed by atoms with Gasteiger partial charge in [0.05, 0.1) is 11.5 Å². The van der Waals surface area contributed by atoms with Crippen molar-refractivity contribution >= 4 is 39.4 Å². The summed E-state index contributed by atoms with van der Waals surface area (Å²) in [6.07, 6.45) is -0.102. The summed E-state index contributed by atoms with van der Waals surface area (Å²) in [7, 11) is 3.04. The number of benzene rings is 1. The molecule has 3 atom stereocenters. The highest BCUT2D eigenvalue weighted by Gasteiger charge is 2.52. The van der Waals surface area contributed by atoms with Crippen LogP contribution in [-0.2, 0) is 24.8 Å². The van der Waals surface area contributed by atoms with E-state index in [0.717, 1.165) is 15.0 Å². The van der Waals surface area contributed by atoms with E-state index in [4.69, 9.17) is 25.8 Å². The maximum absolute atomic E-state index is 11.4. The van der Waals surface area contributed by atoms with Gasteiger partial charge in [0.25, 0.3) is 5.79 Å². The fourth-order valence-corrected chi connectivity index (χ4v) is 4.11. The SMILES string of the molecule is COC1N(C=O)C(Cl)COC1(OC)c1cc2ccccc2s1. The zero-order valence-electron chi connectivity index (χ0n) is 12.2. The summed E-state index contributed by atoms with van der Waals surface area (Å²) in [5.41, 5.74) is -0.597. The molecule has 2 heterocycles. The Morgan fingerprint density at radius 3 is 2.86 bits per heavy atom. The number of carbonyl (C=O) groups is 1. The molecular weight excluding hydrogens is 326 g/mol. The second-order valence-electron chi connectivity index (χ2n) is 4.91. The van der Waals surface area contributed by atoms with E-state index in [-0.39, 0.29) is 6.61 Å². The minimum absolute atomic E-state index is 0.155. The fourth-order valence-electron chi connectivity index (χ4n) is 2.70. The second kappa shape index (κ2) is 6.14. The third-order valence-corrected chi connectivity index (χ3v) is 5.34. The summed E-state index contributed by atoms with van der Waals surface area (Å²) >= 11 is 7.69. The quantitative estimate of drug-likeness (QED) is 0.487. The predicted octanol–water partition coefficient (Wildman–Crippen LogP) is 2.73. The topological polar surface area (TPSA) is 48.0 Å². The Hall–Kier alpha value is -1.18. The number of thiophene rings is 1. The standard InChI is InChI=1S/C15H16ClNO4S/c1-19-14-15(20-2,21-8-13(16)17(14)9-18)12-7-10-5-3-4-6-11(10)22-12/h3-7,9,13-14H,8H2,1-2H3. The number of fused-ring (bicyclic) bond motifs is 1. The first-order valence-electron chi connectivity index (χ1n) is 6.74. The van der Waals surface area contributed by atoms with Gasteiger partial charge < -0.3 is 14.2 Å².